The molecule has 0 aliphatic rings. The number of nitrogens with zero attached hydrogens (tertiary/aromatic N) is 1. The summed E-state index contributed by atoms with van der Waals surface area (Å²) in [5.74, 6) is 0.497. The number of aromatic nitrogens is 1. The first-order chi connectivity index (χ1) is 11.7. The van der Waals surface area contributed by atoms with Crippen molar-refractivity contribution in [1.82, 2.24) is 10.3 Å². The molecule has 0 aliphatic carbocycles. The van der Waals surface area contributed by atoms with Gasteiger partial charge in [0.2, 0.25) is 0 Å². The van der Waals surface area contributed by atoms with E-state index in [0.29, 0.717) is 28.9 Å². The zero-order chi connectivity index (χ0) is 16.8. The summed E-state index contributed by atoms with van der Waals surface area (Å²) in [7, 11) is 0. The predicted octanol–water partition coefficient (Wildman–Crippen LogP) is 4.31. The normalized spacial score (nSPS) is 10.4. The molecule has 0 unspecified atom stereocenters. The molecule has 3 aromatic rings. The molecule has 2 aromatic carbocycles. The van der Waals surface area contributed by atoms with Crippen LogP contribution in [0.2, 0.25) is 4.47 Å². The van der Waals surface area contributed by atoms with Crippen molar-refractivity contribution in [3.8, 4) is 5.75 Å². The minimum absolute atomic E-state index is 0.134. The highest BCUT2D eigenvalue weighted by Gasteiger charge is 2.07. The van der Waals surface area contributed by atoms with Crippen LogP contribution < -0.4 is 10.1 Å². The third-order valence-electron chi connectivity index (χ3n) is 3.30. The number of halogens is 1. The number of hydrogen-bond donors (Lipinski definition) is 1. The molecule has 0 bridgehead atoms. The molecule has 0 saturated carbocycles. The van der Waals surface area contributed by atoms with E-state index in [1.54, 1.807) is 24.4 Å². The van der Waals surface area contributed by atoms with Gasteiger partial charge >= 0.3 is 0 Å². The van der Waals surface area contributed by atoms with Crippen LogP contribution in [0.25, 0.3) is 0 Å². The number of hydrogen-bond acceptors (Lipinski definition) is 4. The molecule has 0 aliphatic heterocycles. The summed E-state index contributed by atoms with van der Waals surface area (Å²) in [6.07, 6.45) is 1.68. The highest BCUT2D eigenvalue weighted by molar-refractivity contribution is 7.15. The molecule has 4 nitrogen and oxygen atoms in total. The Morgan fingerprint density at radius 2 is 2.00 bits per heavy atom. The number of thiazole rings is 1. The number of carbonyl (C=O) groups excluding carboxylic acids is 1. The molecule has 0 spiro atoms. The number of nitrogens with one attached hydrogen (secondary N) is 1. The summed E-state index contributed by atoms with van der Waals surface area (Å²) < 4.78 is 6.18. The Morgan fingerprint density at radius 3 is 2.75 bits per heavy atom. The highest BCUT2D eigenvalue weighted by Crippen LogP contribution is 2.20. The Kier molecular flexibility index (Phi) is 5.46. The first-order valence-corrected chi connectivity index (χ1v) is 8.55. The van der Waals surface area contributed by atoms with Gasteiger partial charge in [-0.1, -0.05) is 48.0 Å². The monoisotopic (exact) mass is 358 g/mol. The third-order valence-corrected chi connectivity index (χ3v) is 4.39. The quantitative estimate of drug-likeness (QED) is 0.714. The lowest BCUT2D eigenvalue weighted by Gasteiger charge is -2.08. The zero-order valence-corrected chi connectivity index (χ0v) is 14.3. The van der Waals surface area contributed by atoms with Crippen molar-refractivity contribution < 1.29 is 9.53 Å². The second-order valence-electron chi connectivity index (χ2n) is 5.06. The number of amides is 1. The van der Waals surface area contributed by atoms with Gasteiger partial charge < -0.3 is 10.1 Å². The molecule has 0 saturated heterocycles. The Hall–Kier alpha value is -2.37. The van der Waals surface area contributed by atoms with E-state index in [0.717, 1.165) is 10.4 Å². The SMILES string of the molecule is O=C(NCc1ccccc1)c1cccc(OCc2cnc(Cl)s2)c1. The maximum atomic E-state index is 12.3. The predicted molar refractivity (Wildman–Crippen MR) is 95.5 cm³/mol. The topological polar surface area (TPSA) is 51.2 Å². The largest absolute Gasteiger partial charge is 0.488 e. The maximum Gasteiger partial charge on any atom is 0.251 e. The van der Waals surface area contributed by atoms with Crippen LogP contribution in [0.4, 0.5) is 0 Å². The molecule has 0 fully saturated rings. The van der Waals surface area contributed by atoms with E-state index >= 15 is 0 Å². The van der Waals surface area contributed by atoms with Crippen LogP contribution in [0.1, 0.15) is 20.8 Å². The van der Waals surface area contributed by atoms with Crippen molar-refractivity contribution in [2.75, 3.05) is 0 Å². The van der Waals surface area contributed by atoms with E-state index in [-0.39, 0.29) is 5.91 Å². The zero-order valence-electron chi connectivity index (χ0n) is 12.7. The molecule has 0 radical (unpaired) electrons. The molecular formula is C18H15ClN2O2S. The Balaban J connectivity index is 1.58. The van der Waals surface area contributed by atoms with Gasteiger partial charge in [-0.25, -0.2) is 4.98 Å². The van der Waals surface area contributed by atoms with E-state index in [4.69, 9.17) is 16.3 Å². The molecule has 1 N–H and O–H groups in total. The average molecular weight is 359 g/mol. The van der Waals surface area contributed by atoms with Crippen molar-refractivity contribution in [3.63, 3.8) is 0 Å². The van der Waals surface area contributed by atoms with Gasteiger partial charge in [0.05, 0.1) is 4.88 Å². The van der Waals surface area contributed by atoms with Crippen molar-refractivity contribution in [2.45, 2.75) is 13.2 Å². The number of benzene rings is 2. The second kappa shape index (κ2) is 7.95. The van der Waals surface area contributed by atoms with E-state index in [1.807, 2.05) is 36.4 Å². The maximum absolute atomic E-state index is 12.3. The van der Waals surface area contributed by atoms with Crippen LogP contribution in [-0.2, 0) is 13.2 Å². The summed E-state index contributed by atoms with van der Waals surface area (Å²) in [4.78, 5) is 17.2. The van der Waals surface area contributed by atoms with Gasteiger partial charge in [-0.3, -0.25) is 4.79 Å². The fraction of sp³-hybridized carbons (Fsp3) is 0.111. The Bertz CT molecular complexity index is 821. The van der Waals surface area contributed by atoms with E-state index in [9.17, 15) is 4.79 Å². The number of carbonyl (C=O) groups is 1. The minimum Gasteiger partial charge on any atom is -0.488 e. The molecule has 122 valence electrons. The van der Waals surface area contributed by atoms with Gasteiger partial charge in [0.1, 0.15) is 12.4 Å². The summed E-state index contributed by atoms with van der Waals surface area (Å²) in [5.41, 5.74) is 1.62. The Morgan fingerprint density at radius 1 is 1.17 bits per heavy atom. The van der Waals surface area contributed by atoms with E-state index in [2.05, 4.69) is 10.3 Å². The molecule has 1 amide bonds. The van der Waals surface area contributed by atoms with Crippen LogP contribution in [-0.4, -0.2) is 10.9 Å². The van der Waals surface area contributed by atoms with Crippen LogP contribution in [0.15, 0.2) is 60.8 Å². The van der Waals surface area contributed by atoms with Crippen molar-refractivity contribution in [3.05, 3.63) is 81.3 Å². The fourth-order valence-electron chi connectivity index (χ4n) is 2.11. The third kappa shape index (κ3) is 4.57. The average Bonchev–Trinajstić information content (AvgIpc) is 3.04. The summed E-state index contributed by atoms with van der Waals surface area (Å²) in [6.45, 7) is 0.865. The Labute approximate surface area is 149 Å². The molecule has 3 rings (SSSR count). The van der Waals surface area contributed by atoms with Gasteiger partial charge in [-0.15, -0.1) is 11.3 Å². The molecule has 1 aromatic heterocycles. The summed E-state index contributed by atoms with van der Waals surface area (Å²) in [6, 6.07) is 16.9. The van der Waals surface area contributed by atoms with Gasteiger partial charge in [0.15, 0.2) is 4.47 Å². The van der Waals surface area contributed by atoms with Crippen LogP contribution in [0, 0.1) is 0 Å². The molecule has 1 heterocycles. The number of ether oxygens (including phenoxy) is 1. The van der Waals surface area contributed by atoms with Crippen LogP contribution in [0.5, 0.6) is 5.75 Å². The van der Waals surface area contributed by atoms with Gasteiger partial charge in [-0.2, -0.15) is 0 Å². The highest BCUT2D eigenvalue weighted by atomic mass is 35.5. The van der Waals surface area contributed by atoms with Gasteiger partial charge in [-0.05, 0) is 23.8 Å². The first kappa shape index (κ1) is 16.5. The minimum atomic E-state index is -0.134. The van der Waals surface area contributed by atoms with E-state index < -0.39 is 0 Å². The lowest BCUT2D eigenvalue weighted by molar-refractivity contribution is 0.0950. The van der Waals surface area contributed by atoms with Crippen molar-refractivity contribution in [1.29, 1.82) is 0 Å². The van der Waals surface area contributed by atoms with Gasteiger partial charge in [0, 0.05) is 18.3 Å². The fourth-order valence-corrected chi connectivity index (χ4v) is 3.00. The molecule has 24 heavy (non-hydrogen) atoms. The molecule has 6 heteroatoms. The first-order valence-electron chi connectivity index (χ1n) is 7.36. The summed E-state index contributed by atoms with van der Waals surface area (Å²) >= 11 is 7.17. The molecular weight excluding hydrogens is 344 g/mol. The molecule has 0 atom stereocenters. The van der Waals surface area contributed by atoms with Gasteiger partial charge in [0.25, 0.3) is 5.91 Å². The van der Waals surface area contributed by atoms with Crippen LogP contribution >= 0.6 is 22.9 Å². The van der Waals surface area contributed by atoms with E-state index in [1.165, 1.54) is 11.3 Å². The van der Waals surface area contributed by atoms with Crippen molar-refractivity contribution >= 4 is 28.8 Å². The van der Waals surface area contributed by atoms with Crippen LogP contribution in [0.3, 0.4) is 0 Å². The van der Waals surface area contributed by atoms with Crippen molar-refractivity contribution in [2.24, 2.45) is 0 Å². The lowest BCUT2D eigenvalue weighted by atomic mass is 10.2. The second-order valence-corrected chi connectivity index (χ2v) is 6.76. The smallest absolute Gasteiger partial charge is 0.251 e. The standard InChI is InChI=1S/C18H15ClN2O2S/c19-18-21-11-16(24-18)12-23-15-8-4-7-14(9-15)17(22)20-10-13-5-2-1-3-6-13/h1-9,11H,10,12H2,(H,20,22). The summed E-state index contributed by atoms with van der Waals surface area (Å²) in [5, 5.41) is 2.90. The lowest BCUT2D eigenvalue weighted by Crippen LogP contribution is -2.22. The number of rotatable bonds is 6.